The van der Waals surface area contributed by atoms with Crippen LogP contribution >= 0.6 is 27.5 Å². The number of hydrogen-bond acceptors (Lipinski definition) is 5. The molecule has 25 heavy (non-hydrogen) atoms. The summed E-state index contributed by atoms with van der Waals surface area (Å²) in [5, 5.41) is -0.0916. The fourth-order valence-electron chi connectivity index (χ4n) is 1.98. The number of furan rings is 1. The molecule has 0 N–H and O–H groups in total. The fourth-order valence-corrected chi connectivity index (χ4v) is 3.59. The van der Waals surface area contributed by atoms with E-state index in [1.54, 1.807) is 30.3 Å². The number of ether oxygens (including phenoxy) is 1. The number of carbonyl (C=O) groups excluding carboxylic acids is 1. The fraction of sp³-hybridized carbons (Fsp3) is 0. The van der Waals surface area contributed by atoms with Gasteiger partial charge in [-0.2, -0.15) is 0 Å². The summed E-state index contributed by atoms with van der Waals surface area (Å²) in [5.41, 5.74) is 0. The molecule has 2 aromatic carbocycles. The first-order valence-corrected chi connectivity index (χ1v) is 9.60. The van der Waals surface area contributed by atoms with Crippen molar-refractivity contribution in [2.45, 2.75) is 9.99 Å². The Morgan fingerprint density at radius 1 is 1.00 bits per heavy atom. The van der Waals surface area contributed by atoms with Crippen molar-refractivity contribution in [2.75, 3.05) is 0 Å². The molecule has 5 nitrogen and oxygen atoms in total. The first kappa shape index (κ1) is 17.7. The Bertz CT molecular complexity index is 1030. The summed E-state index contributed by atoms with van der Waals surface area (Å²) >= 11 is 9.16. The Balaban J connectivity index is 1.85. The molecule has 8 heteroatoms. The number of benzene rings is 2. The van der Waals surface area contributed by atoms with Crippen molar-refractivity contribution < 1.29 is 22.4 Å². The number of para-hydroxylation sites is 1. The molecule has 128 valence electrons. The van der Waals surface area contributed by atoms with Crippen LogP contribution in [-0.4, -0.2) is 14.4 Å². The molecule has 0 saturated heterocycles. The standard InChI is InChI=1S/C17H10BrClO5S/c18-11-5-7-12(8-6-11)25(21,22)16-10-9-15(23-16)17(20)24-14-4-2-1-3-13(14)19/h1-10H. The Morgan fingerprint density at radius 3 is 2.36 bits per heavy atom. The van der Waals surface area contributed by atoms with Gasteiger partial charge in [-0.15, -0.1) is 0 Å². The van der Waals surface area contributed by atoms with Crippen LogP contribution in [0.2, 0.25) is 5.02 Å². The van der Waals surface area contributed by atoms with E-state index in [-0.39, 0.29) is 26.5 Å². The molecular formula is C17H10BrClO5S. The van der Waals surface area contributed by atoms with Gasteiger partial charge >= 0.3 is 5.97 Å². The van der Waals surface area contributed by atoms with E-state index in [4.69, 9.17) is 20.8 Å². The van der Waals surface area contributed by atoms with Crippen LogP contribution in [0.3, 0.4) is 0 Å². The highest BCUT2D eigenvalue weighted by Gasteiger charge is 2.24. The van der Waals surface area contributed by atoms with Gasteiger partial charge in [0.2, 0.25) is 20.7 Å². The highest BCUT2D eigenvalue weighted by Crippen LogP contribution is 2.27. The van der Waals surface area contributed by atoms with Gasteiger partial charge in [0.25, 0.3) is 0 Å². The zero-order chi connectivity index (χ0) is 18.0. The minimum Gasteiger partial charge on any atom is -0.437 e. The lowest BCUT2D eigenvalue weighted by Gasteiger charge is -2.04. The average Bonchev–Trinajstić information content (AvgIpc) is 3.08. The zero-order valence-corrected chi connectivity index (χ0v) is 15.6. The third kappa shape index (κ3) is 3.78. The van der Waals surface area contributed by atoms with E-state index in [0.29, 0.717) is 0 Å². The molecule has 0 atom stereocenters. The van der Waals surface area contributed by atoms with Gasteiger partial charge in [0.1, 0.15) is 5.75 Å². The van der Waals surface area contributed by atoms with Gasteiger partial charge in [-0.1, -0.05) is 39.7 Å². The third-order valence-electron chi connectivity index (χ3n) is 3.21. The maximum absolute atomic E-state index is 12.5. The summed E-state index contributed by atoms with van der Waals surface area (Å²) < 4.78 is 36.1. The topological polar surface area (TPSA) is 73.6 Å². The van der Waals surface area contributed by atoms with Crippen LogP contribution in [0.5, 0.6) is 5.75 Å². The quantitative estimate of drug-likeness (QED) is 0.431. The van der Waals surface area contributed by atoms with E-state index < -0.39 is 15.8 Å². The molecule has 0 bridgehead atoms. The van der Waals surface area contributed by atoms with Gasteiger partial charge in [0.05, 0.1) is 9.92 Å². The summed E-state index contributed by atoms with van der Waals surface area (Å²) in [5.74, 6) is -0.927. The van der Waals surface area contributed by atoms with Crippen molar-refractivity contribution in [2.24, 2.45) is 0 Å². The first-order chi connectivity index (χ1) is 11.9. The zero-order valence-electron chi connectivity index (χ0n) is 12.5. The minimum absolute atomic E-state index is 0.0519. The second-order valence-corrected chi connectivity index (χ2v) is 8.10. The summed E-state index contributed by atoms with van der Waals surface area (Å²) in [7, 11) is -3.87. The maximum atomic E-state index is 12.5. The summed E-state index contributed by atoms with van der Waals surface area (Å²) in [6.45, 7) is 0. The van der Waals surface area contributed by atoms with E-state index in [0.717, 1.165) is 4.47 Å². The van der Waals surface area contributed by atoms with Crippen molar-refractivity contribution in [1.29, 1.82) is 0 Å². The molecule has 0 spiro atoms. The van der Waals surface area contributed by atoms with Crippen molar-refractivity contribution in [3.8, 4) is 5.75 Å². The smallest absolute Gasteiger partial charge is 0.379 e. The highest BCUT2D eigenvalue weighted by molar-refractivity contribution is 9.10. The highest BCUT2D eigenvalue weighted by atomic mass is 79.9. The average molecular weight is 442 g/mol. The normalized spacial score (nSPS) is 11.3. The first-order valence-electron chi connectivity index (χ1n) is 6.95. The molecule has 0 amide bonds. The summed E-state index contributed by atoms with van der Waals surface area (Å²) in [4.78, 5) is 12.2. The van der Waals surface area contributed by atoms with E-state index in [9.17, 15) is 13.2 Å². The molecular weight excluding hydrogens is 432 g/mol. The van der Waals surface area contributed by atoms with Gasteiger partial charge in [0.15, 0.2) is 0 Å². The molecule has 0 aliphatic carbocycles. The van der Waals surface area contributed by atoms with E-state index in [1.165, 1.54) is 30.3 Å². The molecule has 0 fully saturated rings. The number of hydrogen-bond donors (Lipinski definition) is 0. The molecule has 0 saturated carbocycles. The Kier molecular flexibility index (Phi) is 4.99. The predicted molar refractivity (Wildman–Crippen MR) is 94.7 cm³/mol. The SMILES string of the molecule is O=C(Oc1ccccc1Cl)c1ccc(S(=O)(=O)c2ccc(Br)cc2)o1. The van der Waals surface area contributed by atoms with E-state index >= 15 is 0 Å². The van der Waals surface area contributed by atoms with Crippen molar-refractivity contribution in [3.63, 3.8) is 0 Å². The molecule has 0 aliphatic rings. The number of carbonyl (C=O) groups is 1. The molecule has 0 aliphatic heterocycles. The van der Waals surface area contributed by atoms with E-state index in [1.807, 2.05) is 0 Å². The monoisotopic (exact) mass is 440 g/mol. The molecule has 3 rings (SSSR count). The van der Waals surface area contributed by atoms with Gasteiger partial charge in [0, 0.05) is 4.47 Å². The van der Waals surface area contributed by atoms with Crippen LogP contribution in [-0.2, 0) is 9.84 Å². The van der Waals surface area contributed by atoms with Crippen molar-refractivity contribution in [1.82, 2.24) is 0 Å². The number of sulfone groups is 1. The van der Waals surface area contributed by atoms with Gasteiger partial charge in [-0.05, 0) is 48.5 Å². The Hall–Kier alpha value is -2.09. The molecule has 0 radical (unpaired) electrons. The van der Waals surface area contributed by atoms with E-state index in [2.05, 4.69) is 15.9 Å². The lowest BCUT2D eigenvalue weighted by molar-refractivity contribution is 0.0695. The van der Waals surface area contributed by atoms with Gasteiger partial charge < -0.3 is 9.15 Å². The number of halogens is 2. The largest absolute Gasteiger partial charge is 0.437 e. The lowest BCUT2D eigenvalue weighted by Crippen LogP contribution is -2.07. The number of rotatable bonds is 4. The van der Waals surface area contributed by atoms with Gasteiger partial charge in [-0.3, -0.25) is 0 Å². The second-order valence-electron chi connectivity index (χ2n) is 4.90. The summed E-state index contributed by atoms with van der Waals surface area (Å²) in [6, 6.07) is 14.9. The van der Waals surface area contributed by atoms with Crippen LogP contribution in [0.15, 0.2) is 79.5 Å². The molecule has 1 aromatic heterocycles. The predicted octanol–water partition coefficient (Wildman–Crippen LogP) is 4.75. The second kappa shape index (κ2) is 7.03. The van der Waals surface area contributed by atoms with Crippen LogP contribution in [0, 0.1) is 0 Å². The van der Waals surface area contributed by atoms with Crippen LogP contribution in [0.1, 0.15) is 10.6 Å². The third-order valence-corrected chi connectivity index (χ3v) is 5.69. The van der Waals surface area contributed by atoms with Crippen LogP contribution in [0.25, 0.3) is 0 Å². The van der Waals surface area contributed by atoms with Crippen molar-refractivity contribution in [3.05, 3.63) is 75.9 Å². The molecule has 1 heterocycles. The maximum Gasteiger partial charge on any atom is 0.379 e. The van der Waals surface area contributed by atoms with Crippen molar-refractivity contribution >= 4 is 43.3 Å². The number of esters is 1. The Labute approximate surface area is 157 Å². The molecule has 3 aromatic rings. The lowest BCUT2D eigenvalue weighted by atomic mass is 10.3. The summed E-state index contributed by atoms with van der Waals surface area (Å²) in [6.07, 6.45) is 0. The van der Waals surface area contributed by atoms with Crippen LogP contribution in [0.4, 0.5) is 0 Å². The van der Waals surface area contributed by atoms with Gasteiger partial charge in [-0.25, -0.2) is 13.2 Å². The Morgan fingerprint density at radius 2 is 1.68 bits per heavy atom. The molecule has 0 unspecified atom stereocenters. The minimum atomic E-state index is -3.87. The van der Waals surface area contributed by atoms with Crippen LogP contribution < -0.4 is 4.74 Å².